The fourth-order valence-corrected chi connectivity index (χ4v) is 3.03. The SMILES string of the molecule is Cc1ccc(C(=O)CN2CC(C)CC(C)C2)cc1N. The maximum Gasteiger partial charge on any atom is 0.176 e. The molecule has 0 radical (unpaired) electrons. The first-order chi connectivity index (χ1) is 8.95. The van der Waals surface area contributed by atoms with Crippen molar-refractivity contribution in [3.8, 4) is 0 Å². The molecule has 0 bridgehead atoms. The molecule has 2 rings (SSSR count). The third-order valence-corrected chi connectivity index (χ3v) is 3.91. The topological polar surface area (TPSA) is 46.3 Å². The second-order valence-electron chi connectivity index (χ2n) is 6.13. The minimum atomic E-state index is 0.174. The molecule has 0 amide bonds. The number of likely N-dealkylation sites (tertiary alicyclic amines) is 1. The van der Waals surface area contributed by atoms with Gasteiger partial charge in [0.15, 0.2) is 5.78 Å². The summed E-state index contributed by atoms with van der Waals surface area (Å²) in [7, 11) is 0. The summed E-state index contributed by atoms with van der Waals surface area (Å²) < 4.78 is 0. The lowest BCUT2D eigenvalue weighted by Gasteiger charge is -2.34. The van der Waals surface area contributed by atoms with E-state index >= 15 is 0 Å². The number of aryl methyl sites for hydroxylation is 1. The van der Waals surface area contributed by atoms with E-state index in [2.05, 4.69) is 18.7 Å². The number of benzene rings is 1. The molecule has 1 aliphatic rings. The molecule has 1 fully saturated rings. The number of nitrogens with two attached hydrogens (primary N) is 1. The second-order valence-corrected chi connectivity index (χ2v) is 6.13. The van der Waals surface area contributed by atoms with Gasteiger partial charge in [0, 0.05) is 24.3 Å². The lowest BCUT2D eigenvalue weighted by Crippen LogP contribution is -2.41. The first-order valence-corrected chi connectivity index (χ1v) is 7.07. The number of carbonyl (C=O) groups excluding carboxylic acids is 1. The quantitative estimate of drug-likeness (QED) is 0.671. The molecule has 1 heterocycles. The molecule has 0 spiro atoms. The van der Waals surface area contributed by atoms with Crippen LogP contribution in [0.3, 0.4) is 0 Å². The van der Waals surface area contributed by atoms with E-state index in [1.54, 1.807) is 6.07 Å². The van der Waals surface area contributed by atoms with Gasteiger partial charge in [-0.05, 0) is 36.8 Å². The predicted octanol–water partition coefficient (Wildman–Crippen LogP) is 2.74. The largest absolute Gasteiger partial charge is 0.398 e. The first-order valence-electron chi connectivity index (χ1n) is 7.07. The van der Waals surface area contributed by atoms with E-state index in [4.69, 9.17) is 5.73 Å². The van der Waals surface area contributed by atoms with Crippen molar-refractivity contribution in [2.24, 2.45) is 11.8 Å². The summed E-state index contributed by atoms with van der Waals surface area (Å²) in [6.45, 7) is 9.04. The maximum absolute atomic E-state index is 12.3. The van der Waals surface area contributed by atoms with Gasteiger partial charge in [-0.15, -0.1) is 0 Å². The summed E-state index contributed by atoms with van der Waals surface area (Å²) in [5.41, 5.74) is 8.33. The minimum absolute atomic E-state index is 0.174. The Balaban J connectivity index is 2.02. The van der Waals surface area contributed by atoms with Gasteiger partial charge in [0.25, 0.3) is 0 Å². The minimum Gasteiger partial charge on any atom is -0.398 e. The molecule has 19 heavy (non-hydrogen) atoms. The van der Waals surface area contributed by atoms with Gasteiger partial charge >= 0.3 is 0 Å². The van der Waals surface area contributed by atoms with Crippen LogP contribution in [0.4, 0.5) is 5.69 Å². The molecule has 3 nitrogen and oxygen atoms in total. The van der Waals surface area contributed by atoms with Crippen molar-refractivity contribution in [2.75, 3.05) is 25.4 Å². The third kappa shape index (κ3) is 3.57. The van der Waals surface area contributed by atoms with Gasteiger partial charge in [-0.25, -0.2) is 0 Å². The highest BCUT2D eigenvalue weighted by molar-refractivity contribution is 5.98. The Bertz CT molecular complexity index is 460. The number of nitrogen functional groups attached to an aromatic ring is 1. The van der Waals surface area contributed by atoms with Gasteiger partial charge in [0.2, 0.25) is 0 Å². The Labute approximate surface area is 115 Å². The fourth-order valence-electron chi connectivity index (χ4n) is 3.03. The zero-order chi connectivity index (χ0) is 14.0. The number of hydrogen-bond acceptors (Lipinski definition) is 3. The third-order valence-electron chi connectivity index (χ3n) is 3.91. The molecule has 104 valence electrons. The van der Waals surface area contributed by atoms with Crippen LogP contribution in [-0.4, -0.2) is 30.3 Å². The Hall–Kier alpha value is -1.35. The Morgan fingerprint density at radius 3 is 2.53 bits per heavy atom. The van der Waals surface area contributed by atoms with E-state index in [0.717, 1.165) is 24.2 Å². The molecule has 1 saturated heterocycles. The van der Waals surface area contributed by atoms with Crippen molar-refractivity contribution in [3.63, 3.8) is 0 Å². The lowest BCUT2D eigenvalue weighted by molar-refractivity contribution is 0.0849. The van der Waals surface area contributed by atoms with Crippen molar-refractivity contribution < 1.29 is 4.79 Å². The average Bonchev–Trinajstić information content (AvgIpc) is 2.31. The Kier molecular flexibility index (Phi) is 4.25. The fraction of sp³-hybridized carbons (Fsp3) is 0.562. The molecule has 0 aromatic heterocycles. The highest BCUT2D eigenvalue weighted by Crippen LogP contribution is 2.21. The van der Waals surface area contributed by atoms with Crippen LogP contribution >= 0.6 is 0 Å². The smallest absolute Gasteiger partial charge is 0.176 e. The number of ketones is 1. The predicted molar refractivity (Wildman–Crippen MR) is 79.3 cm³/mol. The highest BCUT2D eigenvalue weighted by Gasteiger charge is 2.23. The average molecular weight is 260 g/mol. The van der Waals surface area contributed by atoms with Gasteiger partial charge in [0.1, 0.15) is 0 Å². The molecule has 0 saturated carbocycles. The number of rotatable bonds is 3. The monoisotopic (exact) mass is 260 g/mol. The van der Waals surface area contributed by atoms with Crippen LogP contribution in [0.25, 0.3) is 0 Å². The zero-order valence-electron chi connectivity index (χ0n) is 12.1. The van der Waals surface area contributed by atoms with Crippen molar-refractivity contribution in [3.05, 3.63) is 29.3 Å². The van der Waals surface area contributed by atoms with Crippen LogP contribution in [0.15, 0.2) is 18.2 Å². The molecule has 2 unspecified atom stereocenters. The normalized spacial score (nSPS) is 24.4. The van der Waals surface area contributed by atoms with E-state index in [1.807, 2.05) is 19.1 Å². The standard InChI is InChI=1S/C16H24N2O/c1-11-6-12(2)9-18(8-11)10-16(19)14-5-4-13(3)15(17)7-14/h4-5,7,11-12H,6,8-10,17H2,1-3H3. The highest BCUT2D eigenvalue weighted by atomic mass is 16.1. The van der Waals surface area contributed by atoms with Crippen LogP contribution in [0.5, 0.6) is 0 Å². The maximum atomic E-state index is 12.3. The van der Waals surface area contributed by atoms with Gasteiger partial charge in [-0.1, -0.05) is 26.0 Å². The summed E-state index contributed by atoms with van der Waals surface area (Å²) >= 11 is 0. The number of carbonyl (C=O) groups is 1. The van der Waals surface area contributed by atoms with Crippen molar-refractivity contribution >= 4 is 11.5 Å². The van der Waals surface area contributed by atoms with E-state index in [9.17, 15) is 4.79 Å². The molecule has 1 aromatic rings. The summed E-state index contributed by atoms with van der Waals surface area (Å²) in [5.74, 6) is 1.53. The summed E-state index contributed by atoms with van der Waals surface area (Å²) in [4.78, 5) is 14.6. The molecule has 2 N–H and O–H groups in total. The number of piperidine rings is 1. The van der Waals surface area contributed by atoms with E-state index in [0.29, 0.717) is 24.1 Å². The molecular weight excluding hydrogens is 236 g/mol. The lowest BCUT2D eigenvalue weighted by atomic mass is 9.91. The Morgan fingerprint density at radius 2 is 1.95 bits per heavy atom. The van der Waals surface area contributed by atoms with Gasteiger partial charge in [-0.3, -0.25) is 9.69 Å². The second kappa shape index (κ2) is 5.74. The van der Waals surface area contributed by atoms with Crippen molar-refractivity contribution in [2.45, 2.75) is 27.2 Å². The molecule has 1 aromatic carbocycles. The molecule has 2 atom stereocenters. The van der Waals surface area contributed by atoms with E-state index in [-0.39, 0.29) is 5.78 Å². The summed E-state index contributed by atoms with van der Waals surface area (Å²) in [6.07, 6.45) is 1.27. The first kappa shape index (κ1) is 14.1. The molecule has 3 heteroatoms. The van der Waals surface area contributed by atoms with Crippen LogP contribution in [-0.2, 0) is 0 Å². The van der Waals surface area contributed by atoms with Crippen LogP contribution in [0, 0.1) is 18.8 Å². The van der Waals surface area contributed by atoms with Crippen LogP contribution in [0.1, 0.15) is 36.2 Å². The van der Waals surface area contributed by atoms with E-state index < -0.39 is 0 Å². The summed E-state index contributed by atoms with van der Waals surface area (Å²) in [6, 6.07) is 5.60. The molecule has 1 aliphatic heterocycles. The number of Topliss-reactive ketones (excluding diaryl/α,β-unsaturated/α-hetero) is 1. The van der Waals surface area contributed by atoms with Crippen molar-refractivity contribution in [1.29, 1.82) is 0 Å². The van der Waals surface area contributed by atoms with Gasteiger partial charge in [-0.2, -0.15) is 0 Å². The molecular formula is C16H24N2O. The van der Waals surface area contributed by atoms with Gasteiger partial charge < -0.3 is 5.73 Å². The number of nitrogens with zero attached hydrogens (tertiary/aromatic N) is 1. The number of anilines is 1. The van der Waals surface area contributed by atoms with Gasteiger partial charge in [0.05, 0.1) is 6.54 Å². The Morgan fingerprint density at radius 1 is 1.32 bits per heavy atom. The van der Waals surface area contributed by atoms with E-state index in [1.165, 1.54) is 6.42 Å². The van der Waals surface area contributed by atoms with Crippen molar-refractivity contribution in [1.82, 2.24) is 4.90 Å². The summed E-state index contributed by atoms with van der Waals surface area (Å²) in [5, 5.41) is 0. The zero-order valence-corrected chi connectivity index (χ0v) is 12.1. The van der Waals surface area contributed by atoms with Crippen LogP contribution in [0.2, 0.25) is 0 Å². The number of hydrogen-bond donors (Lipinski definition) is 1. The molecule has 0 aliphatic carbocycles. The van der Waals surface area contributed by atoms with Crippen LogP contribution < -0.4 is 5.73 Å².